The zero-order chi connectivity index (χ0) is 14.6. The van der Waals surface area contributed by atoms with Crippen molar-refractivity contribution in [3.63, 3.8) is 0 Å². The van der Waals surface area contributed by atoms with Crippen LogP contribution in [0.1, 0.15) is 27.7 Å². The first-order chi connectivity index (χ1) is 8.03. The largest absolute Gasteiger partial charge is 0.362 e. The molecule has 0 atom stereocenters. The Kier molecular flexibility index (Phi) is 6.19. The quantitative estimate of drug-likeness (QED) is 0.393. The molecule has 0 radical (unpaired) electrons. The molecule has 0 bridgehead atoms. The molecule has 18 heavy (non-hydrogen) atoms. The summed E-state index contributed by atoms with van der Waals surface area (Å²) >= 11 is 0. The summed E-state index contributed by atoms with van der Waals surface area (Å²) in [4.78, 5) is 2.60. The second-order valence-electron chi connectivity index (χ2n) is 5.08. The van der Waals surface area contributed by atoms with Crippen molar-refractivity contribution >= 4 is 25.9 Å². The van der Waals surface area contributed by atoms with Gasteiger partial charge in [-0.25, -0.2) is 16.8 Å². The molecular formula is C10H20N2O4S2. The third-order valence-corrected chi connectivity index (χ3v) is 7.71. The van der Waals surface area contributed by atoms with Crippen molar-refractivity contribution in [2.24, 2.45) is 11.8 Å². The van der Waals surface area contributed by atoms with Crippen LogP contribution >= 0.6 is 0 Å². The first-order valence-electron chi connectivity index (χ1n) is 5.63. The second kappa shape index (κ2) is 6.45. The normalized spacial score (nSPS) is 13.1. The van der Waals surface area contributed by atoms with Gasteiger partial charge in [-0.2, -0.15) is 4.79 Å². The first kappa shape index (κ1) is 17.3. The van der Waals surface area contributed by atoms with Gasteiger partial charge in [0.2, 0.25) is 0 Å². The van der Waals surface area contributed by atoms with E-state index in [0.29, 0.717) is 6.21 Å². The van der Waals surface area contributed by atoms with Crippen LogP contribution in [-0.4, -0.2) is 43.9 Å². The predicted molar refractivity (Wildman–Crippen MR) is 70.7 cm³/mol. The maximum Gasteiger partial charge on any atom is 0.290 e. The molecule has 0 spiro atoms. The average Bonchev–Trinajstić information content (AvgIpc) is 2.08. The van der Waals surface area contributed by atoms with Crippen molar-refractivity contribution in [3.8, 4) is 0 Å². The maximum absolute atomic E-state index is 12.0. The number of hydrogen-bond donors (Lipinski definition) is 0. The summed E-state index contributed by atoms with van der Waals surface area (Å²) in [5.41, 5.74) is 8.47. The molecule has 0 aliphatic rings. The molecule has 0 aromatic rings. The summed E-state index contributed by atoms with van der Waals surface area (Å²) in [6, 6.07) is 0. The third-order valence-electron chi connectivity index (χ3n) is 2.03. The topological polar surface area (TPSA) is 105 Å². The molecule has 0 unspecified atom stereocenters. The smallest absolute Gasteiger partial charge is 0.290 e. The Morgan fingerprint density at radius 1 is 0.944 bits per heavy atom. The van der Waals surface area contributed by atoms with Gasteiger partial charge in [-0.15, -0.1) is 0 Å². The summed E-state index contributed by atoms with van der Waals surface area (Å²) in [5.74, 6) is -0.917. The van der Waals surface area contributed by atoms with Crippen LogP contribution in [0.5, 0.6) is 0 Å². The highest BCUT2D eigenvalue weighted by Crippen LogP contribution is 2.15. The molecule has 0 N–H and O–H groups in total. The van der Waals surface area contributed by atoms with Gasteiger partial charge < -0.3 is 5.53 Å². The monoisotopic (exact) mass is 296 g/mol. The fraction of sp³-hybridized carbons (Fsp3) is 0.900. The number of sulfone groups is 2. The average molecular weight is 296 g/mol. The molecule has 0 aliphatic heterocycles. The predicted octanol–water partition coefficient (Wildman–Crippen LogP) is 0.755. The molecule has 0 saturated carbocycles. The Hall–Kier alpha value is -0.720. The second-order valence-corrected chi connectivity index (χ2v) is 9.71. The van der Waals surface area contributed by atoms with Gasteiger partial charge in [-0.05, 0) is 11.8 Å². The van der Waals surface area contributed by atoms with Crippen LogP contribution in [0.3, 0.4) is 0 Å². The van der Waals surface area contributed by atoms with Crippen LogP contribution < -0.4 is 0 Å². The van der Waals surface area contributed by atoms with E-state index in [-0.39, 0.29) is 23.3 Å². The van der Waals surface area contributed by atoms with Gasteiger partial charge >= 0.3 is 0 Å². The minimum Gasteiger partial charge on any atom is -0.362 e. The Morgan fingerprint density at radius 3 is 1.50 bits per heavy atom. The molecule has 0 saturated heterocycles. The van der Waals surface area contributed by atoms with E-state index in [1.165, 1.54) is 0 Å². The summed E-state index contributed by atoms with van der Waals surface area (Å²) in [5, 5.41) is 0. The number of rotatable bonds is 7. The lowest BCUT2D eigenvalue weighted by Crippen LogP contribution is -2.37. The molecule has 0 fully saturated rings. The molecule has 0 amide bonds. The minimum absolute atomic E-state index is 0.196. The molecule has 8 heteroatoms. The SMILES string of the molecule is CC(C)CS(=O)(=O)C(C=[N+]=[N-])S(=O)(=O)CC(C)C. The van der Waals surface area contributed by atoms with E-state index in [9.17, 15) is 16.8 Å². The Bertz CT molecular complexity index is 474. The van der Waals surface area contributed by atoms with Crippen molar-refractivity contribution in [1.82, 2.24) is 0 Å². The minimum atomic E-state index is -3.88. The van der Waals surface area contributed by atoms with Crippen molar-refractivity contribution in [3.05, 3.63) is 5.53 Å². The Balaban J connectivity index is 5.53. The molecular weight excluding hydrogens is 276 g/mol. The maximum atomic E-state index is 12.0. The molecule has 0 aromatic carbocycles. The number of hydrogen-bond acceptors (Lipinski definition) is 4. The van der Waals surface area contributed by atoms with Crippen molar-refractivity contribution < 1.29 is 21.6 Å². The fourth-order valence-electron chi connectivity index (χ4n) is 1.58. The van der Waals surface area contributed by atoms with E-state index in [2.05, 4.69) is 4.79 Å². The lowest BCUT2D eigenvalue weighted by Gasteiger charge is -2.14. The first-order valence-corrected chi connectivity index (χ1v) is 9.06. The van der Waals surface area contributed by atoms with Crippen LogP contribution in [0.4, 0.5) is 0 Å². The van der Waals surface area contributed by atoms with Crippen LogP contribution in [0.15, 0.2) is 0 Å². The zero-order valence-corrected chi connectivity index (χ0v) is 12.7. The number of nitrogens with zero attached hydrogens (tertiary/aromatic N) is 2. The van der Waals surface area contributed by atoms with Gasteiger partial charge in [0.15, 0.2) is 19.7 Å². The van der Waals surface area contributed by atoms with Crippen molar-refractivity contribution in [2.75, 3.05) is 11.5 Å². The fourth-order valence-corrected chi connectivity index (χ4v) is 6.56. The van der Waals surface area contributed by atoms with Gasteiger partial charge in [-0.1, -0.05) is 27.7 Å². The lowest BCUT2D eigenvalue weighted by molar-refractivity contribution is 0.00254. The van der Waals surface area contributed by atoms with E-state index in [0.717, 1.165) is 0 Å². The van der Waals surface area contributed by atoms with Crippen LogP contribution in [-0.2, 0) is 19.7 Å². The summed E-state index contributed by atoms with van der Waals surface area (Å²) in [7, 11) is -7.77. The molecule has 0 aromatic heterocycles. The summed E-state index contributed by atoms with van der Waals surface area (Å²) in [6.45, 7) is 6.72. The highest BCUT2D eigenvalue weighted by Gasteiger charge is 2.40. The van der Waals surface area contributed by atoms with Gasteiger partial charge in [0.1, 0.15) is 0 Å². The molecule has 0 aliphatic carbocycles. The van der Waals surface area contributed by atoms with Crippen LogP contribution in [0.25, 0.3) is 5.53 Å². The highest BCUT2D eigenvalue weighted by molar-refractivity contribution is 8.10. The zero-order valence-electron chi connectivity index (χ0n) is 11.1. The van der Waals surface area contributed by atoms with E-state index in [1.807, 2.05) is 0 Å². The van der Waals surface area contributed by atoms with Gasteiger partial charge in [-0.3, -0.25) is 0 Å². The van der Waals surface area contributed by atoms with Crippen LogP contribution in [0, 0.1) is 11.8 Å². The highest BCUT2D eigenvalue weighted by atomic mass is 32.3. The Labute approximate surface area is 109 Å². The summed E-state index contributed by atoms with van der Waals surface area (Å²) in [6.07, 6.45) is 0.579. The van der Waals surface area contributed by atoms with Crippen LogP contribution in [0.2, 0.25) is 0 Å². The Morgan fingerprint density at radius 2 is 1.28 bits per heavy atom. The third kappa shape index (κ3) is 5.29. The molecule has 0 rings (SSSR count). The molecule has 6 nitrogen and oxygen atoms in total. The standard InChI is InChI=1S/C10H20N2O4S2/c1-8(2)6-17(13,14)10(5-12-11)18(15,16)7-9(3)4/h5,8-10H,6-7H2,1-4H3. The van der Waals surface area contributed by atoms with Gasteiger partial charge in [0, 0.05) is 0 Å². The van der Waals surface area contributed by atoms with E-state index >= 15 is 0 Å². The molecule has 106 valence electrons. The summed E-state index contributed by atoms with van der Waals surface area (Å²) < 4.78 is 46.1. The van der Waals surface area contributed by atoms with E-state index < -0.39 is 24.3 Å². The van der Waals surface area contributed by atoms with E-state index in [1.54, 1.807) is 27.7 Å². The van der Waals surface area contributed by atoms with Crippen molar-refractivity contribution in [2.45, 2.75) is 32.3 Å². The lowest BCUT2D eigenvalue weighted by atomic mass is 10.3. The van der Waals surface area contributed by atoms with Crippen molar-refractivity contribution in [1.29, 1.82) is 0 Å². The van der Waals surface area contributed by atoms with Gasteiger partial charge in [0.25, 0.3) is 10.8 Å². The molecule has 0 heterocycles. The van der Waals surface area contributed by atoms with Gasteiger partial charge in [0.05, 0.1) is 11.5 Å². The van der Waals surface area contributed by atoms with E-state index in [4.69, 9.17) is 5.53 Å².